The molecule has 0 saturated carbocycles. The summed E-state index contributed by atoms with van der Waals surface area (Å²) in [6.07, 6.45) is 0.802. The molecule has 1 aromatic rings. The first-order chi connectivity index (χ1) is 8.63. The molecule has 1 rings (SSSR count). The summed E-state index contributed by atoms with van der Waals surface area (Å²) in [6.45, 7) is 6.23. The zero-order chi connectivity index (χ0) is 13.4. The van der Waals surface area contributed by atoms with Crippen LogP contribution in [0.4, 0.5) is 5.13 Å². The minimum Gasteiger partial charge on any atom is -0.381 e. The van der Waals surface area contributed by atoms with Crippen molar-refractivity contribution in [3.05, 3.63) is 5.01 Å². The number of carbonyl (C=O) groups excluding carboxylic acids is 1. The van der Waals surface area contributed by atoms with Gasteiger partial charge in [0.25, 0.3) is 5.91 Å². The summed E-state index contributed by atoms with van der Waals surface area (Å²) < 4.78 is 5.42. The fourth-order valence-electron chi connectivity index (χ4n) is 1.19. The van der Waals surface area contributed by atoms with Crippen LogP contribution in [0.15, 0.2) is 0 Å². The average Bonchev–Trinajstić information content (AvgIpc) is 2.81. The molecule has 2 N–H and O–H groups in total. The number of nitrogens with zero attached hydrogens (tertiary/aromatic N) is 2. The monoisotopic (exact) mass is 272 g/mol. The van der Waals surface area contributed by atoms with Crippen LogP contribution >= 0.6 is 11.3 Å². The van der Waals surface area contributed by atoms with Gasteiger partial charge < -0.3 is 15.4 Å². The normalized spacial score (nSPS) is 10.7. The predicted octanol–water partition coefficient (Wildman–Crippen LogP) is 1.37. The van der Waals surface area contributed by atoms with Gasteiger partial charge in [0, 0.05) is 26.8 Å². The van der Waals surface area contributed by atoms with Crippen LogP contribution in [0, 0.1) is 5.92 Å². The lowest BCUT2D eigenvalue weighted by molar-refractivity contribution is 0.0924. The van der Waals surface area contributed by atoms with E-state index in [0.29, 0.717) is 29.2 Å². The number of hydrogen-bond acceptors (Lipinski definition) is 6. The molecule has 0 aromatic carbocycles. The van der Waals surface area contributed by atoms with Crippen molar-refractivity contribution in [2.75, 3.05) is 32.1 Å². The third kappa shape index (κ3) is 5.42. The molecule has 0 unspecified atom stereocenters. The van der Waals surface area contributed by atoms with Crippen LogP contribution in [-0.4, -0.2) is 42.9 Å². The second-order valence-electron chi connectivity index (χ2n) is 4.24. The third-order valence-corrected chi connectivity index (χ3v) is 2.97. The van der Waals surface area contributed by atoms with Crippen LogP contribution in [0.2, 0.25) is 0 Å². The maximum Gasteiger partial charge on any atom is 0.282 e. The fraction of sp³-hybridized carbons (Fsp3) is 0.727. The van der Waals surface area contributed by atoms with Crippen LogP contribution < -0.4 is 10.6 Å². The summed E-state index contributed by atoms with van der Waals surface area (Å²) in [5.74, 6) is 0.360. The first-order valence-electron chi connectivity index (χ1n) is 6.00. The van der Waals surface area contributed by atoms with Crippen molar-refractivity contribution >= 4 is 22.4 Å². The quantitative estimate of drug-likeness (QED) is 0.699. The summed E-state index contributed by atoms with van der Waals surface area (Å²) in [5.41, 5.74) is 0. The summed E-state index contributed by atoms with van der Waals surface area (Å²) in [7, 11) is 1.74. The molecule has 0 aliphatic heterocycles. The van der Waals surface area contributed by atoms with Gasteiger partial charge >= 0.3 is 0 Å². The van der Waals surface area contributed by atoms with Crippen molar-refractivity contribution in [3.63, 3.8) is 0 Å². The van der Waals surface area contributed by atoms with Gasteiger partial charge in [-0.05, 0) is 12.3 Å². The smallest absolute Gasteiger partial charge is 0.282 e. The molecular formula is C11H20N4O2S. The van der Waals surface area contributed by atoms with Crippen molar-refractivity contribution in [1.82, 2.24) is 15.5 Å². The van der Waals surface area contributed by atoms with Crippen molar-refractivity contribution in [3.8, 4) is 0 Å². The number of amides is 1. The maximum atomic E-state index is 11.6. The van der Waals surface area contributed by atoms with Crippen LogP contribution in [0.5, 0.6) is 0 Å². The second-order valence-corrected chi connectivity index (χ2v) is 5.22. The molecule has 0 spiro atoms. The Hall–Kier alpha value is -1.21. The molecule has 18 heavy (non-hydrogen) atoms. The summed E-state index contributed by atoms with van der Waals surface area (Å²) >= 11 is 1.24. The lowest BCUT2D eigenvalue weighted by atomic mass is 10.2. The summed E-state index contributed by atoms with van der Waals surface area (Å²) in [4.78, 5) is 11.6. The maximum absolute atomic E-state index is 11.6. The lowest BCUT2D eigenvalue weighted by Gasteiger charge is -2.06. The molecule has 0 radical (unpaired) electrons. The number of rotatable bonds is 8. The fourth-order valence-corrected chi connectivity index (χ4v) is 1.80. The number of ether oxygens (including phenoxy) is 1. The van der Waals surface area contributed by atoms with Crippen LogP contribution in [0.1, 0.15) is 30.1 Å². The van der Waals surface area contributed by atoms with Gasteiger partial charge in [-0.15, -0.1) is 10.2 Å². The van der Waals surface area contributed by atoms with Gasteiger partial charge in [0.2, 0.25) is 10.1 Å². The van der Waals surface area contributed by atoms with Gasteiger partial charge in [-0.3, -0.25) is 4.79 Å². The molecule has 0 atom stereocenters. The number of aromatic nitrogens is 2. The van der Waals surface area contributed by atoms with Crippen molar-refractivity contribution < 1.29 is 9.53 Å². The van der Waals surface area contributed by atoms with Crippen LogP contribution in [0.3, 0.4) is 0 Å². The molecule has 1 aromatic heterocycles. The molecule has 0 aliphatic carbocycles. The van der Waals surface area contributed by atoms with E-state index in [9.17, 15) is 4.79 Å². The van der Waals surface area contributed by atoms with Gasteiger partial charge in [0.1, 0.15) is 0 Å². The first-order valence-corrected chi connectivity index (χ1v) is 6.82. The highest BCUT2D eigenvalue weighted by Crippen LogP contribution is 2.13. The highest BCUT2D eigenvalue weighted by Gasteiger charge is 2.11. The zero-order valence-electron chi connectivity index (χ0n) is 11.0. The number of anilines is 1. The van der Waals surface area contributed by atoms with Crippen LogP contribution in [-0.2, 0) is 4.74 Å². The topological polar surface area (TPSA) is 76.1 Å². The van der Waals surface area contributed by atoms with E-state index in [0.717, 1.165) is 13.0 Å². The Morgan fingerprint density at radius 2 is 2.22 bits per heavy atom. The summed E-state index contributed by atoms with van der Waals surface area (Å²) in [6, 6.07) is 0. The van der Waals surface area contributed by atoms with Gasteiger partial charge in [-0.1, -0.05) is 25.2 Å². The highest BCUT2D eigenvalue weighted by atomic mass is 32.1. The molecule has 102 valence electrons. The minimum absolute atomic E-state index is 0.183. The Bertz CT molecular complexity index is 368. The van der Waals surface area contributed by atoms with E-state index in [-0.39, 0.29) is 5.91 Å². The first kappa shape index (κ1) is 14.8. The minimum atomic E-state index is -0.183. The highest BCUT2D eigenvalue weighted by molar-refractivity contribution is 7.17. The number of nitrogens with one attached hydrogen (secondary N) is 2. The Labute approximate surface area is 111 Å². The van der Waals surface area contributed by atoms with Gasteiger partial charge in [-0.25, -0.2) is 0 Å². The van der Waals surface area contributed by atoms with E-state index in [1.807, 2.05) is 0 Å². The van der Waals surface area contributed by atoms with Gasteiger partial charge in [-0.2, -0.15) is 0 Å². The number of carbonyl (C=O) groups is 1. The largest absolute Gasteiger partial charge is 0.381 e. The van der Waals surface area contributed by atoms with E-state index in [2.05, 4.69) is 34.7 Å². The van der Waals surface area contributed by atoms with E-state index in [1.54, 1.807) is 7.05 Å². The van der Waals surface area contributed by atoms with E-state index < -0.39 is 0 Å². The molecule has 0 bridgehead atoms. The predicted molar refractivity (Wildman–Crippen MR) is 72.1 cm³/mol. The molecule has 0 saturated heterocycles. The van der Waals surface area contributed by atoms with Crippen molar-refractivity contribution in [1.29, 1.82) is 0 Å². The van der Waals surface area contributed by atoms with Gasteiger partial charge in [0.05, 0.1) is 0 Å². The second kappa shape index (κ2) is 7.99. The molecular weight excluding hydrogens is 252 g/mol. The third-order valence-electron chi connectivity index (χ3n) is 2.04. The molecule has 0 fully saturated rings. The Morgan fingerprint density at radius 3 is 2.83 bits per heavy atom. The number of hydrogen-bond donors (Lipinski definition) is 2. The van der Waals surface area contributed by atoms with Crippen molar-refractivity contribution in [2.45, 2.75) is 20.3 Å². The standard InChI is InChI=1S/C11H20N4O2S/c1-8(2)7-17-6-4-5-13-9(16)10-14-15-11(12-3)18-10/h8H,4-7H2,1-3H3,(H,12,15)(H,13,16). The Balaban J connectivity index is 2.13. The van der Waals surface area contributed by atoms with Crippen molar-refractivity contribution in [2.24, 2.45) is 5.92 Å². The SMILES string of the molecule is CNc1nnc(C(=O)NCCCOCC(C)C)s1. The molecule has 6 nitrogen and oxygen atoms in total. The molecule has 0 aliphatic rings. The van der Waals surface area contributed by atoms with E-state index in [4.69, 9.17) is 4.74 Å². The summed E-state index contributed by atoms with van der Waals surface area (Å²) in [5, 5.41) is 14.2. The molecule has 7 heteroatoms. The van der Waals surface area contributed by atoms with Crippen LogP contribution in [0.25, 0.3) is 0 Å². The molecule has 1 heterocycles. The average molecular weight is 272 g/mol. The Morgan fingerprint density at radius 1 is 1.44 bits per heavy atom. The zero-order valence-corrected chi connectivity index (χ0v) is 11.8. The van der Waals surface area contributed by atoms with E-state index >= 15 is 0 Å². The Kier molecular flexibility index (Phi) is 6.59. The lowest BCUT2D eigenvalue weighted by Crippen LogP contribution is -2.25. The molecule has 1 amide bonds. The van der Waals surface area contributed by atoms with E-state index in [1.165, 1.54) is 11.3 Å². The van der Waals surface area contributed by atoms with Gasteiger partial charge in [0.15, 0.2) is 0 Å².